The average molecular weight is 324 g/mol. The largest absolute Gasteiger partial charge is 0.466 e. The summed E-state index contributed by atoms with van der Waals surface area (Å²) < 4.78 is 4.97. The second kappa shape index (κ2) is 6.00. The summed E-state index contributed by atoms with van der Waals surface area (Å²) in [5, 5.41) is 2.18. The second-order valence-corrected chi connectivity index (χ2v) is 5.95. The molecule has 0 aliphatic carbocycles. The number of likely N-dealkylation sites (N-methyl/N-ethyl adjacent to an activating group) is 1. The van der Waals surface area contributed by atoms with Crippen LogP contribution < -0.4 is 0 Å². The number of hydrogen-bond acceptors (Lipinski definition) is 3. The van der Waals surface area contributed by atoms with Crippen molar-refractivity contribution < 1.29 is 14.3 Å². The van der Waals surface area contributed by atoms with E-state index in [2.05, 4.69) is 0 Å². The summed E-state index contributed by atoms with van der Waals surface area (Å²) in [7, 11) is 4.72. The van der Waals surface area contributed by atoms with E-state index in [-0.39, 0.29) is 6.03 Å². The number of fused-ring (bicyclic) bond motifs is 1. The van der Waals surface area contributed by atoms with Crippen molar-refractivity contribution in [2.24, 2.45) is 0 Å². The first-order chi connectivity index (χ1) is 11.5. The molecule has 1 atom stereocenters. The third kappa shape index (κ3) is 2.42. The molecule has 1 aliphatic rings. The van der Waals surface area contributed by atoms with Gasteiger partial charge in [-0.15, -0.1) is 0 Å². The lowest BCUT2D eigenvalue weighted by Gasteiger charge is -2.39. The number of amides is 2. The Morgan fingerprint density at radius 3 is 2.42 bits per heavy atom. The van der Waals surface area contributed by atoms with Gasteiger partial charge in [0.2, 0.25) is 0 Å². The first-order valence-electron chi connectivity index (χ1n) is 7.74. The van der Waals surface area contributed by atoms with Gasteiger partial charge in [0.1, 0.15) is 0 Å². The van der Waals surface area contributed by atoms with Crippen molar-refractivity contribution in [3.8, 4) is 0 Å². The van der Waals surface area contributed by atoms with Crippen LogP contribution in [0.3, 0.4) is 0 Å². The van der Waals surface area contributed by atoms with Crippen LogP contribution in [0.2, 0.25) is 0 Å². The Balaban J connectivity index is 2.20. The van der Waals surface area contributed by atoms with Crippen molar-refractivity contribution in [1.82, 2.24) is 9.80 Å². The van der Waals surface area contributed by atoms with Crippen LogP contribution >= 0.6 is 0 Å². The molecule has 0 spiro atoms. The number of nitrogens with zero attached hydrogens (tertiary/aromatic N) is 2. The number of esters is 1. The molecule has 1 aliphatic heterocycles. The number of benzene rings is 2. The fraction of sp³-hybridized carbons (Fsp3) is 0.263. The predicted molar refractivity (Wildman–Crippen MR) is 92.3 cm³/mol. The molecule has 0 saturated carbocycles. The number of rotatable bonds is 2. The van der Waals surface area contributed by atoms with Crippen molar-refractivity contribution in [2.45, 2.75) is 13.0 Å². The van der Waals surface area contributed by atoms with Crippen LogP contribution in [-0.4, -0.2) is 43.0 Å². The smallest absolute Gasteiger partial charge is 0.337 e. The molecule has 2 aromatic carbocycles. The number of hydrogen-bond donors (Lipinski definition) is 0. The van der Waals surface area contributed by atoms with Gasteiger partial charge >= 0.3 is 12.0 Å². The zero-order chi connectivity index (χ0) is 17.4. The van der Waals surface area contributed by atoms with E-state index in [1.54, 1.807) is 25.9 Å². The Kier molecular flexibility index (Phi) is 4.01. The second-order valence-electron chi connectivity index (χ2n) is 5.95. The topological polar surface area (TPSA) is 49.9 Å². The highest BCUT2D eigenvalue weighted by atomic mass is 16.5. The monoisotopic (exact) mass is 324 g/mol. The quantitative estimate of drug-likeness (QED) is 0.796. The van der Waals surface area contributed by atoms with Gasteiger partial charge in [-0.2, -0.15) is 0 Å². The van der Waals surface area contributed by atoms with Gasteiger partial charge in [-0.25, -0.2) is 9.59 Å². The van der Waals surface area contributed by atoms with Crippen LogP contribution in [0.25, 0.3) is 10.8 Å². The number of urea groups is 1. The molecule has 0 fully saturated rings. The molecular formula is C19H20N2O3. The minimum absolute atomic E-state index is 0.154. The number of allylic oxidation sites excluding steroid dienone is 1. The molecule has 0 unspecified atom stereocenters. The Morgan fingerprint density at radius 1 is 1.08 bits per heavy atom. The van der Waals surface area contributed by atoms with E-state index in [1.165, 1.54) is 12.0 Å². The van der Waals surface area contributed by atoms with Crippen LogP contribution in [0.4, 0.5) is 4.79 Å². The highest BCUT2D eigenvalue weighted by Crippen LogP contribution is 2.37. The highest BCUT2D eigenvalue weighted by molar-refractivity contribution is 5.95. The van der Waals surface area contributed by atoms with Gasteiger partial charge in [-0.05, 0) is 29.3 Å². The van der Waals surface area contributed by atoms with Crippen LogP contribution in [0, 0.1) is 0 Å². The molecule has 2 aromatic rings. The molecule has 124 valence electrons. The van der Waals surface area contributed by atoms with Crippen LogP contribution in [0.5, 0.6) is 0 Å². The lowest BCUT2D eigenvalue weighted by atomic mass is 9.92. The zero-order valence-corrected chi connectivity index (χ0v) is 14.2. The molecule has 1 heterocycles. The number of methoxy groups -OCH3 is 1. The van der Waals surface area contributed by atoms with Gasteiger partial charge in [0.15, 0.2) is 0 Å². The van der Waals surface area contributed by atoms with E-state index in [0.29, 0.717) is 11.3 Å². The third-order valence-corrected chi connectivity index (χ3v) is 4.64. The predicted octanol–water partition coefficient (Wildman–Crippen LogP) is 3.33. The average Bonchev–Trinajstić information content (AvgIpc) is 2.61. The van der Waals surface area contributed by atoms with Crippen molar-refractivity contribution in [3.05, 3.63) is 59.3 Å². The van der Waals surface area contributed by atoms with E-state index in [9.17, 15) is 9.59 Å². The molecule has 3 rings (SSSR count). The first-order valence-corrected chi connectivity index (χ1v) is 7.74. The summed E-state index contributed by atoms with van der Waals surface area (Å²) in [4.78, 5) is 27.9. The summed E-state index contributed by atoms with van der Waals surface area (Å²) in [5.74, 6) is -0.420. The maximum atomic E-state index is 12.5. The molecule has 5 nitrogen and oxygen atoms in total. The van der Waals surface area contributed by atoms with E-state index < -0.39 is 12.0 Å². The van der Waals surface area contributed by atoms with Gasteiger partial charge in [-0.3, -0.25) is 0 Å². The molecular weight excluding hydrogens is 304 g/mol. The Labute approximate surface area is 141 Å². The van der Waals surface area contributed by atoms with E-state index in [1.807, 2.05) is 42.5 Å². The van der Waals surface area contributed by atoms with E-state index >= 15 is 0 Å². The fourth-order valence-electron chi connectivity index (χ4n) is 3.20. The number of carbonyl (C=O) groups excluding carboxylic acids is 2. The summed E-state index contributed by atoms with van der Waals surface area (Å²) in [6.45, 7) is 1.77. The minimum Gasteiger partial charge on any atom is -0.466 e. The summed E-state index contributed by atoms with van der Waals surface area (Å²) >= 11 is 0. The van der Waals surface area contributed by atoms with E-state index in [0.717, 1.165) is 16.3 Å². The number of ether oxygens (including phenoxy) is 1. The standard InChI is InChI=1S/C19H20N2O3/c1-12-16(18(22)24-4)17(21(3)19(23)20(12)2)15-10-9-13-7-5-6-8-14(13)11-15/h5-11,17H,1-4H3/t17-/m1/s1. The lowest BCUT2D eigenvalue weighted by molar-refractivity contribution is -0.137. The van der Waals surface area contributed by atoms with Crippen LogP contribution in [-0.2, 0) is 9.53 Å². The SMILES string of the molecule is COC(=O)C1=C(C)N(C)C(=O)N(C)[C@@H]1c1ccc2ccccc2c1. The van der Waals surface area contributed by atoms with E-state index in [4.69, 9.17) is 4.74 Å². The van der Waals surface area contributed by atoms with Crippen LogP contribution in [0.15, 0.2) is 53.7 Å². The van der Waals surface area contributed by atoms with Crippen molar-refractivity contribution in [1.29, 1.82) is 0 Å². The fourth-order valence-corrected chi connectivity index (χ4v) is 3.20. The summed E-state index contributed by atoms with van der Waals surface area (Å²) in [5.41, 5.74) is 1.98. The van der Waals surface area contributed by atoms with Gasteiger partial charge in [0, 0.05) is 19.8 Å². The first kappa shape index (κ1) is 16.1. The Hall–Kier alpha value is -2.82. The van der Waals surface area contributed by atoms with Crippen molar-refractivity contribution in [2.75, 3.05) is 21.2 Å². The third-order valence-electron chi connectivity index (χ3n) is 4.64. The molecule has 0 N–H and O–H groups in total. The van der Waals surface area contributed by atoms with Gasteiger partial charge < -0.3 is 14.5 Å². The van der Waals surface area contributed by atoms with Gasteiger partial charge in [0.25, 0.3) is 0 Å². The number of carbonyl (C=O) groups is 2. The van der Waals surface area contributed by atoms with Gasteiger partial charge in [0.05, 0.1) is 18.7 Å². The normalized spacial score (nSPS) is 18.3. The molecule has 2 amide bonds. The van der Waals surface area contributed by atoms with Crippen molar-refractivity contribution in [3.63, 3.8) is 0 Å². The lowest BCUT2D eigenvalue weighted by Crippen LogP contribution is -2.47. The Bertz CT molecular complexity index is 857. The molecule has 0 aromatic heterocycles. The summed E-state index contributed by atoms with van der Waals surface area (Å²) in [6, 6.07) is 13.4. The minimum atomic E-state index is -0.467. The van der Waals surface area contributed by atoms with Crippen molar-refractivity contribution >= 4 is 22.8 Å². The molecule has 0 bridgehead atoms. The zero-order valence-electron chi connectivity index (χ0n) is 14.2. The van der Waals surface area contributed by atoms with Gasteiger partial charge in [-0.1, -0.05) is 36.4 Å². The van der Waals surface area contributed by atoms with Crippen LogP contribution in [0.1, 0.15) is 18.5 Å². The maximum Gasteiger partial charge on any atom is 0.337 e. The molecule has 0 radical (unpaired) electrons. The highest BCUT2D eigenvalue weighted by Gasteiger charge is 2.38. The molecule has 5 heteroatoms. The maximum absolute atomic E-state index is 12.5. The molecule has 0 saturated heterocycles. The molecule has 24 heavy (non-hydrogen) atoms. The summed E-state index contributed by atoms with van der Waals surface area (Å²) in [6.07, 6.45) is 0. The Morgan fingerprint density at radius 2 is 1.75 bits per heavy atom.